The maximum Gasteiger partial charge on any atom is 0.312 e. The van der Waals surface area contributed by atoms with Crippen molar-refractivity contribution < 1.29 is 33.3 Å². The Kier molecular flexibility index (Phi) is 9.00. The molecule has 1 aliphatic heterocycles. The molecule has 0 bridgehead atoms. The van der Waals surface area contributed by atoms with Crippen LogP contribution in [0.4, 0.5) is 0 Å². The third kappa shape index (κ3) is 5.93. The zero-order chi connectivity index (χ0) is 29.6. The lowest BCUT2D eigenvalue weighted by Crippen LogP contribution is -2.22. The van der Waals surface area contributed by atoms with Gasteiger partial charge in [-0.25, -0.2) is 0 Å². The third-order valence-corrected chi connectivity index (χ3v) is 7.71. The van der Waals surface area contributed by atoms with Crippen molar-refractivity contribution in [2.75, 3.05) is 20.8 Å². The van der Waals surface area contributed by atoms with E-state index >= 15 is 0 Å². The van der Waals surface area contributed by atoms with E-state index in [4.69, 9.17) is 23.4 Å². The second kappa shape index (κ2) is 13.0. The minimum atomic E-state index is -0.438. The number of benzene rings is 3. The summed E-state index contributed by atoms with van der Waals surface area (Å²) in [5, 5.41) is 10.9. The highest BCUT2D eigenvalue weighted by atomic mass is 16.5. The molecule has 1 aliphatic rings. The Morgan fingerprint density at radius 2 is 1.64 bits per heavy atom. The molecule has 0 spiro atoms. The van der Waals surface area contributed by atoms with E-state index in [9.17, 15) is 14.7 Å². The molecule has 5 rings (SSSR count). The highest BCUT2D eigenvalue weighted by Gasteiger charge is 2.33. The van der Waals surface area contributed by atoms with Gasteiger partial charge in [0.25, 0.3) is 0 Å². The van der Waals surface area contributed by atoms with Crippen molar-refractivity contribution >= 4 is 16.9 Å². The maximum absolute atomic E-state index is 13.7. The molecular weight excluding hydrogens is 536 g/mol. The van der Waals surface area contributed by atoms with Gasteiger partial charge in [-0.05, 0) is 41.8 Å². The second-order valence-corrected chi connectivity index (χ2v) is 10.5. The molecule has 1 aromatic heterocycles. The molecule has 3 aromatic carbocycles. The Balaban J connectivity index is 1.45. The van der Waals surface area contributed by atoms with Gasteiger partial charge in [-0.15, -0.1) is 0 Å². The highest BCUT2D eigenvalue weighted by molar-refractivity contribution is 5.94. The van der Waals surface area contributed by atoms with Crippen molar-refractivity contribution in [1.29, 1.82) is 0 Å². The summed E-state index contributed by atoms with van der Waals surface area (Å²) in [6.45, 7) is 2.86. The second-order valence-electron chi connectivity index (χ2n) is 10.5. The van der Waals surface area contributed by atoms with Gasteiger partial charge in [0.2, 0.25) is 5.43 Å². The summed E-state index contributed by atoms with van der Waals surface area (Å²) in [7, 11) is 3.04. The molecule has 220 valence electrons. The quantitative estimate of drug-likeness (QED) is 0.107. The Hall–Kier alpha value is -4.46. The van der Waals surface area contributed by atoms with Crippen LogP contribution in [-0.4, -0.2) is 31.9 Å². The van der Waals surface area contributed by atoms with Crippen molar-refractivity contribution in [3.63, 3.8) is 0 Å². The molecule has 1 N–H and O–H groups in total. The number of aromatic hydroxyl groups is 1. The maximum atomic E-state index is 13.7. The minimum absolute atomic E-state index is 0.0166. The fraction of sp³-hybridized carbons (Fsp3) is 0.353. The van der Waals surface area contributed by atoms with Gasteiger partial charge >= 0.3 is 5.97 Å². The van der Waals surface area contributed by atoms with Gasteiger partial charge in [0, 0.05) is 17.5 Å². The molecule has 1 atom stereocenters. The smallest absolute Gasteiger partial charge is 0.312 e. The number of ether oxygens (including phenoxy) is 4. The molecule has 4 aromatic rings. The lowest BCUT2D eigenvalue weighted by molar-refractivity contribution is -0.135. The molecule has 8 heteroatoms. The zero-order valence-corrected chi connectivity index (χ0v) is 24.2. The molecule has 0 aliphatic carbocycles. The van der Waals surface area contributed by atoms with E-state index in [2.05, 4.69) is 6.92 Å². The first-order valence-electron chi connectivity index (χ1n) is 14.4. The van der Waals surface area contributed by atoms with Crippen LogP contribution in [0.25, 0.3) is 22.1 Å². The van der Waals surface area contributed by atoms with E-state index in [-0.39, 0.29) is 34.5 Å². The van der Waals surface area contributed by atoms with Gasteiger partial charge in [-0.2, -0.15) is 0 Å². The molecular formula is C34H36O8. The van der Waals surface area contributed by atoms with Gasteiger partial charge in [0.05, 0.1) is 32.8 Å². The number of carbonyl (C=O) groups excluding carboxylic acids is 1. The molecule has 0 amide bonds. The third-order valence-electron chi connectivity index (χ3n) is 7.71. The predicted octanol–water partition coefficient (Wildman–Crippen LogP) is 7.36. The number of phenols is 1. The summed E-state index contributed by atoms with van der Waals surface area (Å²) < 4.78 is 28.2. The first kappa shape index (κ1) is 29.0. The predicted molar refractivity (Wildman–Crippen MR) is 160 cm³/mol. The normalized spacial score (nSPS) is 14.4. The average molecular weight is 573 g/mol. The number of hydrogen-bond acceptors (Lipinski definition) is 8. The van der Waals surface area contributed by atoms with Crippen LogP contribution in [-0.2, 0) is 4.79 Å². The van der Waals surface area contributed by atoms with E-state index in [0.29, 0.717) is 29.2 Å². The Labute approximate surface area is 244 Å². The molecule has 0 saturated carbocycles. The molecule has 1 unspecified atom stereocenters. The largest absolute Gasteiger partial charge is 0.507 e. The molecule has 2 heterocycles. The Morgan fingerprint density at radius 1 is 0.905 bits per heavy atom. The van der Waals surface area contributed by atoms with Crippen molar-refractivity contribution in [3.05, 3.63) is 76.1 Å². The number of carbonyl (C=O) groups is 1. The number of unbranched alkanes of at least 4 members (excludes halogenated alkanes) is 5. The number of phenolic OH excluding ortho intramolecular Hbond substituents is 1. The van der Waals surface area contributed by atoms with Gasteiger partial charge in [0.15, 0.2) is 11.5 Å². The fourth-order valence-corrected chi connectivity index (χ4v) is 5.49. The van der Waals surface area contributed by atoms with Crippen LogP contribution < -0.4 is 24.4 Å². The molecule has 0 radical (unpaired) electrons. The topological polar surface area (TPSA) is 104 Å². The van der Waals surface area contributed by atoms with E-state index in [0.717, 1.165) is 24.2 Å². The summed E-state index contributed by atoms with van der Waals surface area (Å²) in [6.07, 6.45) is 8.58. The lowest BCUT2D eigenvalue weighted by Gasteiger charge is -2.26. The SMILES string of the molecule is CCCCCCCCOc1ccc(C2CC(=O)Oc3cc(O)c4c(=O)c(-c5ccc(OC)c(OC)c5)coc4c32)cc1. The van der Waals surface area contributed by atoms with Crippen LogP contribution in [0.3, 0.4) is 0 Å². The fourth-order valence-electron chi connectivity index (χ4n) is 5.49. The molecule has 0 fully saturated rings. The van der Waals surface area contributed by atoms with Crippen LogP contribution in [0.5, 0.6) is 28.7 Å². The molecule has 0 saturated heterocycles. The first-order valence-corrected chi connectivity index (χ1v) is 14.4. The standard InChI is InChI=1S/C34H36O8/c1-4-5-6-7-8-9-16-40-23-13-10-21(11-14-23)24-18-30(36)42-29-19-26(35)32-33(37)25(20-41-34(32)31(24)29)22-12-15-27(38-2)28(17-22)39-3/h10-15,17,19-20,24,35H,4-9,16,18H2,1-3H3. The molecule has 42 heavy (non-hydrogen) atoms. The number of esters is 1. The number of rotatable bonds is 12. The van der Waals surface area contributed by atoms with E-state index in [1.54, 1.807) is 18.2 Å². The van der Waals surface area contributed by atoms with Gasteiger partial charge in [0.1, 0.15) is 34.5 Å². The first-order chi connectivity index (χ1) is 20.4. The highest BCUT2D eigenvalue weighted by Crippen LogP contribution is 2.46. The van der Waals surface area contributed by atoms with Crippen molar-refractivity contribution in [3.8, 4) is 39.9 Å². The lowest BCUT2D eigenvalue weighted by atomic mass is 9.85. The summed E-state index contributed by atoms with van der Waals surface area (Å²) in [4.78, 5) is 26.3. The number of methoxy groups -OCH3 is 2. The van der Waals surface area contributed by atoms with E-state index in [1.165, 1.54) is 52.2 Å². The van der Waals surface area contributed by atoms with Crippen LogP contribution in [0, 0.1) is 0 Å². The van der Waals surface area contributed by atoms with Gasteiger partial charge in [-0.1, -0.05) is 57.2 Å². The van der Waals surface area contributed by atoms with Crippen molar-refractivity contribution in [2.45, 2.75) is 57.8 Å². The van der Waals surface area contributed by atoms with Crippen LogP contribution >= 0.6 is 0 Å². The van der Waals surface area contributed by atoms with Gasteiger partial charge < -0.3 is 28.5 Å². The summed E-state index contributed by atoms with van der Waals surface area (Å²) in [5.41, 5.74) is 1.94. The summed E-state index contributed by atoms with van der Waals surface area (Å²) in [6, 6.07) is 14.0. The number of hydrogen-bond donors (Lipinski definition) is 1. The zero-order valence-electron chi connectivity index (χ0n) is 24.2. The number of fused-ring (bicyclic) bond motifs is 3. The van der Waals surface area contributed by atoms with Crippen LogP contribution in [0.15, 0.2) is 64.0 Å². The monoisotopic (exact) mass is 572 g/mol. The van der Waals surface area contributed by atoms with Crippen LogP contribution in [0.2, 0.25) is 0 Å². The van der Waals surface area contributed by atoms with Crippen molar-refractivity contribution in [2.24, 2.45) is 0 Å². The summed E-state index contributed by atoms with van der Waals surface area (Å²) >= 11 is 0. The Bertz CT molecular complexity index is 1620. The Morgan fingerprint density at radius 3 is 2.38 bits per heavy atom. The van der Waals surface area contributed by atoms with E-state index in [1.807, 2.05) is 24.3 Å². The summed E-state index contributed by atoms with van der Waals surface area (Å²) in [5.74, 6) is 0.708. The molecule has 8 nitrogen and oxygen atoms in total. The minimum Gasteiger partial charge on any atom is -0.507 e. The van der Waals surface area contributed by atoms with Crippen molar-refractivity contribution in [1.82, 2.24) is 0 Å². The van der Waals surface area contributed by atoms with Gasteiger partial charge in [-0.3, -0.25) is 9.59 Å². The van der Waals surface area contributed by atoms with Crippen LogP contribution in [0.1, 0.15) is 68.9 Å². The average Bonchev–Trinajstić information content (AvgIpc) is 3.00. The van der Waals surface area contributed by atoms with E-state index < -0.39 is 17.3 Å².